The Morgan fingerprint density at radius 1 is 0.762 bits per heavy atom. The van der Waals surface area contributed by atoms with E-state index in [2.05, 4.69) is 25.9 Å². The van der Waals surface area contributed by atoms with E-state index in [0.29, 0.717) is 16.1 Å². The fourth-order valence-corrected chi connectivity index (χ4v) is 1.99. The van der Waals surface area contributed by atoms with Gasteiger partial charge < -0.3 is 9.47 Å². The van der Waals surface area contributed by atoms with Gasteiger partial charge in [0.1, 0.15) is 23.6 Å². The van der Waals surface area contributed by atoms with Gasteiger partial charge in [-0.05, 0) is 52.3 Å². The van der Waals surface area contributed by atoms with Gasteiger partial charge in [-0.1, -0.05) is 18.2 Å². The van der Waals surface area contributed by atoms with Gasteiger partial charge in [0.15, 0.2) is 0 Å². The molecule has 0 saturated carbocycles. The molecule has 0 atom stereocenters. The Kier molecular flexibility index (Phi) is 4.12. The van der Waals surface area contributed by atoms with Crippen molar-refractivity contribution >= 4 is 15.9 Å². The Hall–Kier alpha value is -2.40. The van der Waals surface area contributed by atoms with Crippen LogP contribution in [0, 0.1) is 0 Å². The van der Waals surface area contributed by atoms with E-state index in [-0.39, 0.29) is 0 Å². The fourth-order valence-electron chi connectivity index (χ4n) is 1.69. The number of nitrogens with zero attached hydrogens (tertiary/aromatic N) is 2. The molecule has 4 nitrogen and oxygen atoms in total. The van der Waals surface area contributed by atoms with Crippen molar-refractivity contribution in [2.24, 2.45) is 0 Å². The predicted molar refractivity (Wildman–Crippen MR) is 82.8 cm³/mol. The monoisotopic (exact) mass is 342 g/mol. The average Bonchev–Trinajstić information content (AvgIpc) is 2.52. The second-order valence-electron chi connectivity index (χ2n) is 4.16. The average molecular weight is 343 g/mol. The standard InChI is InChI=1S/C16H11BrN2O2/c17-15-10-18-11-19-16(15)21-14-8-6-13(7-9-14)20-12-4-2-1-3-5-12/h1-11H. The number of aromatic nitrogens is 2. The lowest BCUT2D eigenvalue weighted by Crippen LogP contribution is -1.90. The Morgan fingerprint density at radius 2 is 1.38 bits per heavy atom. The normalized spacial score (nSPS) is 10.1. The molecule has 0 radical (unpaired) electrons. The molecule has 0 bridgehead atoms. The second kappa shape index (κ2) is 6.37. The van der Waals surface area contributed by atoms with Crippen molar-refractivity contribution in [2.75, 3.05) is 0 Å². The number of hydrogen-bond donors (Lipinski definition) is 0. The Morgan fingerprint density at radius 3 is 2.05 bits per heavy atom. The van der Waals surface area contributed by atoms with Crippen LogP contribution in [-0.2, 0) is 0 Å². The van der Waals surface area contributed by atoms with Crippen LogP contribution < -0.4 is 9.47 Å². The summed E-state index contributed by atoms with van der Waals surface area (Å²) in [5.41, 5.74) is 0. The topological polar surface area (TPSA) is 44.2 Å². The molecule has 0 fully saturated rings. The highest BCUT2D eigenvalue weighted by atomic mass is 79.9. The summed E-state index contributed by atoms with van der Waals surface area (Å²) in [7, 11) is 0. The van der Waals surface area contributed by atoms with Crippen molar-refractivity contribution in [3.05, 3.63) is 71.6 Å². The van der Waals surface area contributed by atoms with Gasteiger partial charge in [-0.3, -0.25) is 0 Å². The highest BCUT2D eigenvalue weighted by molar-refractivity contribution is 9.10. The maximum Gasteiger partial charge on any atom is 0.236 e. The summed E-state index contributed by atoms with van der Waals surface area (Å²) in [6.07, 6.45) is 3.07. The SMILES string of the molecule is Brc1cncnc1Oc1ccc(Oc2ccccc2)cc1. The summed E-state index contributed by atoms with van der Waals surface area (Å²) in [5, 5.41) is 0. The van der Waals surface area contributed by atoms with E-state index in [9.17, 15) is 0 Å². The molecule has 0 unspecified atom stereocenters. The molecule has 0 saturated heterocycles. The van der Waals surface area contributed by atoms with E-state index in [1.54, 1.807) is 6.20 Å². The lowest BCUT2D eigenvalue weighted by Gasteiger charge is -2.08. The predicted octanol–water partition coefficient (Wildman–Crippen LogP) is 4.82. The maximum atomic E-state index is 5.72. The van der Waals surface area contributed by atoms with E-state index in [0.717, 1.165) is 11.5 Å². The number of halogens is 1. The quantitative estimate of drug-likeness (QED) is 0.681. The Bertz CT molecular complexity index is 718. The van der Waals surface area contributed by atoms with Crippen LogP contribution in [0.1, 0.15) is 0 Å². The van der Waals surface area contributed by atoms with Crippen molar-refractivity contribution in [2.45, 2.75) is 0 Å². The van der Waals surface area contributed by atoms with Crippen LogP contribution in [0.25, 0.3) is 0 Å². The van der Waals surface area contributed by atoms with Gasteiger partial charge in [-0.25, -0.2) is 9.97 Å². The van der Waals surface area contributed by atoms with E-state index < -0.39 is 0 Å². The molecule has 0 spiro atoms. The number of rotatable bonds is 4. The van der Waals surface area contributed by atoms with Gasteiger partial charge in [-0.15, -0.1) is 0 Å². The third-order valence-corrected chi connectivity index (χ3v) is 3.19. The number of hydrogen-bond acceptors (Lipinski definition) is 4. The third kappa shape index (κ3) is 3.58. The highest BCUT2D eigenvalue weighted by Crippen LogP contribution is 2.28. The minimum Gasteiger partial charge on any atom is -0.457 e. The fraction of sp³-hybridized carbons (Fsp3) is 0. The van der Waals surface area contributed by atoms with Gasteiger partial charge in [0.2, 0.25) is 5.88 Å². The van der Waals surface area contributed by atoms with Gasteiger partial charge in [0.25, 0.3) is 0 Å². The van der Waals surface area contributed by atoms with Gasteiger partial charge in [-0.2, -0.15) is 0 Å². The highest BCUT2D eigenvalue weighted by Gasteiger charge is 2.04. The summed E-state index contributed by atoms with van der Waals surface area (Å²) in [6.45, 7) is 0. The zero-order chi connectivity index (χ0) is 14.5. The molecule has 0 aliphatic rings. The first-order chi connectivity index (χ1) is 10.3. The van der Waals surface area contributed by atoms with Crippen LogP contribution >= 0.6 is 15.9 Å². The van der Waals surface area contributed by atoms with Crippen LogP contribution in [0.3, 0.4) is 0 Å². The summed E-state index contributed by atoms with van der Waals surface area (Å²) in [6, 6.07) is 17.0. The smallest absolute Gasteiger partial charge is 0.236 e. The third-order valence-electron chi connectivity index (χ3n) is 2.65. The molecular formula is C16H11BrN2O2. The number of ether oxygens (including phenoxy) is 2. The van der Waals surface area contributed by atoms with Crippen LogP contribution in [-0.4, -0.2) is 9.97 Å². The molecule has 2 aromatic carbocycles. The Labute approximate surface area is 130 Å². The van der Waals surface area contributed by atoms with E-state index in [4.69, 9.17) is 9.47 Å². The molecule has 1 aromatic heterocycles. The number of para-hydroxylation sites is 1. The van der Waals surface area contributed by atoms with Gasteiger partial charge in [0.05, 0.1) is 4.47 Å². The van der Waals surface area contributed by atoms with Crippen LogP contribution in [0.2, 0.25) is 0 Å². The lowest BCUT2D eigenvalue weighted by atomic mass is 10.3. The molecule has 3 aromatic rings. The molecule has 0 N–H and O–H groups in total. The summed E-state index contributed by atoms with van der Waals surface area (Å²) in [4.78, 5) is 7.94. The zero-order valence-corrected chi connectivity index (χ0v) is 12.5. The second-order valence-corrected chi connectivity index (χ2v) is 5.02. The maximum absolute atomic E-state index is 5.72. The molecule has 5 heteroatoms. The largest absolute Gasteiger partial charge is 0.457 e. The van der Waals surface area contributed by atoms with E-state index in [1.807, 2.05) is 54.6 Å². The minimum atomic E-state index is 0.474. The van der Waals surface area contributed by atoms with Crippen molar-refractivity contribution < 1.29 is 9.47 Å². The van der Waals surface area contributed by atoms with Crippen molar-refractivity contribution in [3.63, 3.8) is 0 Å². The van der Waals surface area contributed by atoms with E-state index in [1.165, 1.54) is 6.33 Å². The van der Waals surface area contributed by atoms with Crippen LogP contribution in [0.5, 0.6) is 23.1 Å². The molecule has 0 amide bonds. The number of benzene rings is 2. The minimum absolute atomic E-state index is 0.474. The van der Waals surface area contributed by atoms with Crippen molar-refractivity contribution in [1.82, 2.24) is 9.97 Å². The summed E-state index contributed by atoms with van der Waals surface area (Å²) < 4.78 is 12.1. The molecule has 21 heavy (non-hydrogen) atoms. The summed E-state index contributed by atoms with van der Waals surface area (Å²) in [5.74, 6) is 2.69. The lowest BCUT2D eigenvalue weighted by molar-refractivity contribution is 0.452. The molecule has 0 aliphatic heterocycles. The van der Waals surface area contributed by atoms with Crippen LogP contribution in [0.15, 0.2) is 71.6 Å². The molecule has 0 aliphatic carbocycles. The van der Waals surface area contributed by atoms with E-state index >= 15 is 0 Å². The molecule has 1 heterocycles. The van der Waals surface area contributed by atoms with Crippen LogP contribution in [0.4, 0.5) is 0 Å². The van der Waals surface area contributed by atoms with Gasteiger partial charge in [0, 0.05) is 6.20 Å². The zero-order valence-electron chi connectivity index (χ0n) is 10.9. The Balaban J connectivity index is 1.71. The first-order valence-electron chi connectivity index (χ1n) is 6.27. The molecule has 3 rings (SSSR count). The first-order valence-corrected chi connectivity index (χ1v) is 7.07. The summed E-state index contributed by atoms with van der Waals surface area (Å²) >= 11 is 3.34. The molecule has 104 valence electrons. The molecular weight excluding hydrogens is 332 g/mol. The van der Waals surface area contributed by atoms with Crippen molar-refractivity contribution in [1.29, 1.82) is 0 Å². The van der Waals surface area contributed by atoms with Crippen molar-refractivity contribution in [3.8, 4) is 23.1 Å². The van der Waals surface area contributed by atoms with Gasteiger partial charge >= 0.3 is 0 Å². The first kappa shape index (κ1) is 13.6.